The molecule has 0 aromatic rings. The summed E-state index contributed by atoms with van der Waals surface area (Å²) >= 11 is 0. The summed E-state index contributed by atoms with van der Waals surface area (Å²) in [6.45, 7) is 10.4. The lowest BCUT2D eigenvalue weighted by Crippen LogP contribution is -2.51. The normalized spacial score (nSPS) is 30.8. The summed E-state index contributed by atoms with van der Waals surface area (Å²) in [6.07, 6.45) is 3.36. The number of hydrogen-bond donors (Lipinski definition) is 2. The number of nitrogens with one attached hydrogen (secondary N) is 1. The van der Waals surface area contributed by atoms with E-state index in [0.717, 1.165) is 25.9 Å². The summed E-state index contributed by atoms with van der Waals surface area (Å²) < 4.78 is 0. The van der Waals surface area contributed by atoms with Gasteiger partial charge in [0.2, 0.25) is 11.8 Å². The molecule has 3 aliphatic rings. The molecule has 2 amide bonds. The molecule has 160 valence electrons. The number of rotatable bonds is 4. The van der Waals surface area contributed by atoms with E-state index < -0.39 is 0 Å². The van der Waals surface area contributed by atoms with Crippen LogP contribution in [0.4, 0.5) is 0 Å². The standard InChI is InChI=1S/C21H38N4O3/c1-21(2,3)14-25-12-9-17-19(25)20(28)22-13-15(23(17)4)5-6-18(27)24-10-7-16(26)8-11-24/h15-17,19,26H,5-14H2,1-4H3,(H,22,28). The van der Waals surface area contributed by atoms with Gasteiger partial charge in [0.1, 0.15) is 6.04 Å². The van der Waals surface area contributed by atoms with Crippen LogP contribution in [0.2, 0.25) is 0 Å². The maximum atomic E-state index is 12.8. The molecule has 3 aliphatic heterocycles. The van der Waals surface area contributed by atoms with Crippen LogP contribution in [0.15, 0.2) is 0 Å². The predicted octanol–water partition coefficient (Wildman–Crippen LogP) is 0.669. The largest absolute Gasteiger partial charge is 0.393 e. The number of aliphatic hydroxyl groups is 1. The van der Waals surface area contributed by atoms with E-state index in [1.165, 1.54) is 0 Å². The van der Waals surface area contributed by atoms with Crippen LogP contribution in [0, 0.1) is 5.41 Å². The Kier molecular flexibility index (Phi) is 6.67. The number of likely N-dealkylation sites (N-methyl/N-ethyl adjacent to an activating group) is 1. The Balaban J connectivity index is 1.58. The van der Waals surface area contributed by atoms with Gasteiger partial charge in [-0.25, -0.2) is 0 Å². The van der Waals surface area contributed by atoms with Crippen LogP contribution >= 0.6 is 0 Å². The van der Waals surface area contributed by atoms with Crippen LogP contribution in [0.3, 0.4) is 0 Å². The van der Waals surface area contributed by atoms with Crippen LogP contribution in [0.5, 0.6) is 0 Å². The molecule has 3 unspecified atom stereocenters. The van der Waals surface area contributed by atoms with Gasteiger partial charge in [0, 0.05) is 51.2 Å². The van der Waals surface area contributed by atoms with Gasteiger partial charge in [0.05, 0.1) is 6.10 Å². The highest BCUT2D eigenvalue weighted by atomic mass is 16.3. The van der Waals surface area contributed by atoms with Crippen molar-refractivity contribution >= 4 is 11.8 Å². The van der Waals surface area contributed by atoms with Crippen LogP contribution in [0.25, 0.3) is 0 Å². The fourth-order valence-corrected chi connectivity index (χ4v) is 5.00. The molecule has 0 aromatic heterocycles. The van der Waals surface area contributed by atoms with Crippen LogP contribution in [0.1, 0.15) is 52.9 Å². The summed E-state index contributed by atoms with van der Waals surface area (Å²) in [5, 5.41) is 12.8. The first-order valence-electron chi connectivity index (χ1n) is 10.9. The Labute approximate surface area is 169 Å². The quantitative estimate of drug-likeness (QED) is 0.733. The van der Waals surface area contributed by atoms with Crippen molar-refractivity contribution in [1.29, 1.82) is 0 Å². The van der Waals surface area contributed by atoms with E-state index in [1.807, 2.05) is 4.90 Å². The van der Waals surface area contributed by atoms with Crippen LogP contribution < -0.4 is 5.32 Å². The highest BCUT2D eigenvalue weighted by molar-refractivity contribution is 5.83. The minimum Gasteiger partial charge on any atom is -0.393 e. The van der Waals surface area contributed by atoms with Gasteiger partial charge in [0.15, 0.2) is 0 Å². The molecule has 0 spiro atoms. The molecular weight excluding hydrogens is 356 g/mol. The number of carbonyl (C=O) groups excluding carboxylic acids is 2. The number of nitrogens with zero attached hydrogens (tertiary/aromatic N) is 3. The smallest absolute Gasteiger partial charge is 0.239 e. The van der Waals surface area contributed by atoms with Crippen molar-refractivity contribution in [1.82, 2.24) is 20.0 Å². The molecule has 0 aromatic carbocycles. The van der Waals surface area contributed by atoms with Crippen molar-refractivity contribution in [2.45, 2.75) is 77.1 Å². The Hall–Kier alpha value is -1.18. The Morgan fingerprint density at radius 2 is 1.86 bits per heavy atom. The SMILES string of the molecule is CN1C(CCC(=O)N2CCC(O)CC2)CNC(=O)C2C1CCN2CC(C)(C)C. The number of amides is 2. The first-order chi connectivity index (χ1) is 13.2. The summed E-state index contributed by atoms with van der Waals surface area (Å²) in [5.41, 5.74) is 0.161. The maximum Gasteiger partial charge on any atom is 0.239 e. The second-order valence-corrected chi connectivity index (χ2v) is 10.0. The molecule has 3 rings (SSSR count). The number of aliphatic hydroxyl groups excluding tert-OH is 1. The van der Waals surface area contributed by atoms with E-state index in [1.54, 1.807) is 0 Å². The Morgan fingerprint density at radius 3 is 2.50 bits per heavy atom. The highest BCUT2D eigenvalue weighted by Gasteiger charge is 2.45. The van der Waals surface area contributed by atoms with E-state index in [0.29, 0.717) is 38.9 Å². The highest BCUT2D eigenvalue weighted by Crippen LogP contribution is 2.30. The first-order valence-corrected chi connectivity index (χ1v) is 10.9. The summed E-state index contributed by atoms with van der Waals surface area (Å²) in [4.78, 5) is 32.0. The average molecular weight is 395 g/mol. The van der Waals surface area contributed by atoms with E-state index in [9.17, 15) is 14.7 Å². The Bertz CT molecular complexity index is 568. The third-order valence-electron chi connectivity index (χ3n) is 6.54. The van der Waals surface area contributed by atoms with Crippen LogP contribution in [-0.2, 0) is 9.59 Å². The lowest BCUT2D eigenvalue weighted by Gasteiger charge is -2.35. The fourth-order valence-electron chi connectivity index (χ4n) is 5.00. The third-order valence-corrected chi connectivity index (χ3v) is 6.54. The molecule has 3 heterocycles. The van der Waals surface area contributed by atoms with E-state index >= 15 is 0 Å². The monoisotopic (exact) mass is 394 g/mol. The Morgan fingerprint density at radius 1 is 1.18 bits per heavy atom. The van der Waals surface area contributed by atoms with Gasteiger partial charge in [-0.1, -0.05) is 20.8 Å². The van der Waals surface area contributed by atoms with E-state index in [-0.39, 0.29) is 41.5 Å². The molecule has 0 radical (unpaired) electrons. The van der Waals surface area contributed by atoms with Gasteiger partial charge < -0.3 is 15.3 Å². The van der Waals surface area contributed by atoms with Gasteiger partial charge >= 0.3 is 0 Å². The molecule has 3 saturated heterocycles. The van der Waals surface area contributed by atoms with Gasteiger partial charge in [-0.15, -0.1) is 0 Å². The molecule has 2 N–H and O–H groups in total. The number of likely N-dealkylation sites (tertiary alicyclic amines) is 2. The van der Waals surface area contributed by atoms with Crippen molar-refractivity contribution in [2.75, 3.05) is 39.8 Å². The molecule has 7 heteroatoms. The molecule has 7 nitrogen and oxygen atoms in total. The van der Waals surface area contributed by atoms with Gasteiger partial charge in [-0.3, -0.25) is 19.4 Å². The van der Waals surface area contributed by atoms with Crippen LogP contribution in [-0.4, -0.2) is 95.6 Å². The number of piperidine rings is 1. The van der Waals surface area contributed by atoms with E-state index in [4.69, 9.17) is 0 Å². The molecule has 28 heavy (non-hydrogen) atoms. The number of fused-ring (bicyclic) bond motifs is 1. The van der Waals surface area contributed by atoms with Crippen molar-refractivity contribution < 1.29 is 14.7 Å². The zero-order valence-corrected chi connectivity index (χ0v) is 18.0. The molecule has 0 bridgehead atoms. The van der Waals surface area contributed by atoms with Gasteiger partial charge in [0.25, 0.3) is 0 Å². The summed E-state index contributed by atoms with van der Waals surface area (Å²) in [6, 6.07) is 0.316. The van der Waals surface area contributed by atoms with Crippen molar-refractivity contribution in [3.63, 3.8) is 0 Å². The minimum absolute atomic E-state index is 0.0893. The lowest BCUT2D eigenvalue weighted by atomic mass is 9.95. The first kappa shape index (κ1) is 21.5. The maximum absolute atomic E-state index is 12.8. The topological polar surface area (TPSA) is 76.1 Å². The molecular formula is C21H38N4O3. The zero-order chi connectivity index (χ0) is 20.5. The lowest BCUT2D eigenvalue weighted by molar-refractivity contribution is -0.133. The minimum atomic E-state index is -0.261. The van der Waals surface area contributed by atoms with E-state index in [2.05, 4.69) is 42.9 Å². The van der Waals surface area contributed by atoms with Gasteiger partial charge in [-0.05, 0) is 38.1 Å². The average Bonchev–Trinajstić information content (AvgIpc) is 2.98. The summed E-state index contributed by atoms with van der Waals surface area (Å²) in [7, 11) is 2.12. The second kappa shape index (κ2) is 8.67. The fraction of sp³-hybridized carbons (Fsp3) is 0.905. The molecule has 3 atom stereocenters. The van der Waals surface area contributed by atoms with Gasteiger partial charge in [-0.2, -0.15) is 0 Å². The molecule has 0 saturated carbocycles. The van der Waals surface area contributed by atoms with Crippen molar-refractivity contribution in [3.8, 4) is 0 Å². The number of hydrogen-bond acceptors (Lipinski definition) is 5. The third kappa shape index (κ3) is 5.05. The molecule has 3 fully saturated rings. The zero-order valence-electron chi connectivity index (χ0n) is 18.0. The molecule has 0 aliphatic carbocycles. The summed E-state index contributed by atoms with van der Waals surface area (Å²) in [5.74, 6) is 0.311. The second-order valence-electron chi connectivity index (χ2n) is 10.0. The predicted molar refractivity (Wildman–Crippen MR) is 109 cm³/mol. The number of carbonyl (C=O) groups is 2. The van der Waals surface area contributed by atoms with Crippen molar-refractivity contribution in [2.24, 2.45) is 5.41 Å². The van der Waals surface area contributed by atoms with Crippen molar-refractivity contribution in [3.05, 3.63) is 0 Å².